The Morgan fingerprint density at radius 2 is 1.80 bits per heavy atom. The Balaban J connectivity index is 1.48. The Kier molecular flexibility index (Phi) is 4.13. The standard InChI is InChI=1S/C18H21N7/c1-13-9-20-18(21-10-13)24(2)14-4-7-25(8-5-14)17-15-3-6-19-11-16(15)22-12-23-17/h3,6,9-12,14H,4-5,7-8H2,1-2H3. The quantitative estimate of drug-likeness (QED) is 0.727. The number of hydrogen-bond acceptors (Lipinski definition) is 7. The lowest BCUT2D eigenvalue weighted by atomic mass is 10.0. The van der Waals surface area contributed by atoms with Crippen molar-refractivity contribution < 1.29 is 0 Å². The van der Waals surface area contributed by atoms with E-state index in [1.54, 1.807) is 18.7 Å². The molecular formula is C18H21N7. The number of pyridine rings is 1. The minimum Gasteiger partial charge on any atom is -0.356 e. The van der Waals surface area contributed by atoms with Crippen LogP contribution in [0.1, 0.15) is 18.4 Å². The van der Waals surface area contributed by atoms with Crippen LogP contribution < -0.4 is 9.80 Å². The van der Waals surface area contributed by atoms with Crippen LogP contribution in [0.4, 0.5) is 11.8 Å². The highest BCUT2D eigenvalue weighted by molar-refractivity contribution is 5.88. The highest BCUT2D eigenvalue weighted by Crippen LogP contribution is 2.26. The van der Waals surface area contributed by atoms with Gasteiger partial charge in [0.15, 0.2) is 0 Å². The molecule has 128 valence electrons. The zero-order chi connectivity index (χ0) is 17.2. The summed E-state index contributed by atoms with van der Waals surface area (Å²) in [4.78, 5) is 26.4. The lowest BCUT2D eigenvalue weighted by Gasteiger charge is -2.37. The van der Waals surface area contributed by atoms with E-state index in [4.69, 9.17) is 0 Å². The van der Waals surface area contributed by atoms with Gasteiger partial charge in [-0.25, -0.2) is 19.9 Å². The van der Waals surface area contributed by atoms with Gasteiger partial charge in [0.25, 0.3) is 0 Å². The highest BCUT2D eigenvalue weighted by atomic mass is 15.3. The average molecular weight is 335 g/mol. The van der Waals surface area contributed by atoms with Gasteiger partial charge in [0.2, 0.25) is 5.95 Å². The van der Waals surface area contributed by atoms with Crippen LogP contribution in [0.15, 0.2) is 37.2 Å². The van der Waals surface area contributed by atoms with Crippen molar-refractivity contribution in [2.75, 3.05) is 29.9 Å². The number of aryl methyl sites for hydroxylation is 1. The maximum atomic E-state index is 4.52. The van der Waals surface area contributed by atoms with Gasteiger partial charge in [-0.15, -0.1) is 0 Å². The second kappa shape index (κ2) is 6.58. The SMILES string of the molecule is Cc1cnc(N(C)C2CCN(c3ncnc4cnccc34)CC2)nc1. The van der Waals surface area contributed by atoms with Crippen molar-refractivity contribution in [1.82, 2.24) is 24.9 Å². The lowest BCUT2D eigenvalue weighted by Crippen LogP contribution is -2.44. The van der Waals surface area contributed by atoms with Crippen LogP contribution in [0.25, 0.3) is 10.9 Å². The number of aromatic nitrogens is 5. The van der Waals surface area contributed by atoms with Crippen LogP contribution in [0, 0.1) is 6.92 Å². The molecule has 0 spiro atoms. The topological polar surface area (TPSA) is 70.9 Å². The molecule has 1 saturated heterocycles. The summed E-state index contributed by atoms with van der Waals surface area (Å²) < 4.78 is 0. The van der Waals surface area contributed by atoms with Crippen molar-refractivity contribution in [3.8, 4) is 0 Å². The minimum atomic E-state index is 0.439. The molecule has 0 amide bonds. The fourth-order valence-corrected chi connectivity index (χ4v) is 3.34. The maximum Gasteiger partial charge on any atom is 0.225 e. The van der Waals surface area contributed by atoms with Crippen LogP contribution in [0.3, 0.4) is 0 Å². The predicted octanol–water partition coefficient (Wildman–Crippen LogP) is 2.23. The number of nitrogens with zero attached hydrogens (tertiary/aromatic N) is 7. The number of fused-ring (bicyclic) bond motifs is 1. The van der Waals surface area contributed by atoms with Crippen LogP contribution in [-0.2, 0) is 0 Å². The molecule has 25 heavy (non-hydrogen) atoms. The summed E-state index contributed by atoms with van der Waals surface area (Å²) in [6.45, 7) is 3.91. The molecule has 3 aromatic heterocycles. The first-order valence-corrected chi connectivity index (χ1v) is 8.53. The molecule has 4 rings (SSSR count). The highest BCUT2D eigenvalue weighted by Gasteiger charge is 2.25. The third kappa shape index (κ3) is 3.09. The van der Waals surface area contributed by atoms with Crippen molar-refractivity contribution in [2.24, 2.45) is 0 Å². The molecule has 1 aliphatic heterocycles. The van der Waals surface area contributed by atoms with E-state index in [2.05, 4.69) is 41.8 Å². The zero-order valence-corrected chi connectivity index (χ0v) is 14.5. The molecule has 0 aromatic carbocycles. The number of piperidine rings is 1. The fraction of sp³-hybridized carbons (Fsp3) is 0.389. The van der Waals surface area contributed by atoms with Crippen molar-refractivity contribution in [3.05, 3.63) is 42.7 Å². The van der Waals surface area contributed by atoms with Crippen LogP contribution in [0.2, 0.25) is 0 Å². The molecule has 0 bridgehead atoms. The Labute approximate surface area is 146 Å². The van der Waals surface area contributed by atoms with Crippen LogP contribution >= 0.6 is 0 Å². The van der Waals surface area contributed by atoms with Gasteiger partial charge in [0.1, 0.15) is 12.1 Å². The summed E-state index contributed by atoms with van der Waals surface area (Å²) in [5.41, 5.74) is 1.97. The molecule has 0 atom stereocenters. The minimum absolute atomic E-state index is 0.439. The van der Waals surface area contributed by atoms with E-state index in [-0.39, 0.29) is 0 Å². The summed E-state index contributed by atoms with van der Waals surface area (Å²) in [5.74, 6) is 1.79. The normalized spacial score (nSPS) is 15.5. The van der Waals surface area contributed by atoms with E-state index in [1.807, 2.05) is 25.4 Å². The third-order valence-corrected chi connectivity index (χ3v) is 4.81. The first-order valence-electron chi connectivity index (χ1n) is 8.53. The summed E-state index contributed by atoms with van der Waals surface area (Å²) in [7, 11) is 2.08. The number of hydrogen-bond donors (Lipinski definition) is 0. The molecule has 1 fully saturated rings. The van der Waals surface area contributed by atoms with Gasteiger partial charge in [-0.3, -0.25) is 4.98 Å². The van der Waals surface area contributed by atoms with Crippen molar-refractivity contribution in [3.63, 3.8) is 0 Å². The summed E-state index contributed by atoms with van der Waals surface area (Å²) in [5, 5.41) is 1.06. The van der Waals surface area contributed by atoms with Gasteiger partial charge in [-0.2, -0.15) is 0 Å². The van der Waals surface area contributed by atoms with Gasteiger partial charge in [-0.1, -0.05) is 0 Å². The molecule has 0 saturated carbocycles. The van der Waals surface area contributed by atoms with Gasteiger partial charge in [0.05, 0.1) is 11.7 Å². The van der Waals surface area contributed by atoms with Crippen molar-refractivity contribution in [1.29, 1.82) is 0 Å². The predicted molar refractivity (Wildman–Crippen MR) is 97.7 cm³/mol. The van der Waals surface area contributed by atoms with E-state index >= 15 is 0 Å². The molecule has 0 unspecified atom stereocenters. The van der Waals surface area contributed by atoms with E-state index in [0.29, 0.717) is 6.04 Å². The van der Waals surface area contributed by atoms with Gasteiger partial charge in [-0.05, 0) is 31.4 Å². The third-order valence-electron chi connectivity index (χ3n) is 4.81. The molecule has 1 aliphatic rings. The maximum absolute atomic E-state index is 4.52. The summed E-state index contributed by atoms with van der Waals surface area (Å²) in [6, 6.07) is 2.43. The van der Waals surface area contributed by atoms with Gasteiger partial charge >= 0.3 is 0 Å². The smallest absolute Gasteiger partial charge is 0.225 e. The van der Waals surface area contributed by atoms with E-state index in [1.165, 1.54) is 0 Å². The Morgan fingerprint density at radius 3 is 2.56 bits per heavy atom. The largest absolute Gasteiger partial charge is 0.356 e. The number of rotatable bonds is 3. The second-order valence-corrected chi connectivity index (χ2v) is 6.48. The van der Waals surface area contributed by atoms with Gasteiger partial charge < -0.3 is 9.80 Å². The molecule has 3 aromatic rings. The number of anilines is 2. The van der Waals surface area contributed by atoms with Crippen molar-refractivity contribution >= 4 is 22.7 Å². The molecule has 0 N–H and O–H groups in total. The first kappa shape index (κ1) is 15.7. The Bertz CT molecular complexity index is 851. The van der Waals surface area contributed by atoms with E-state index in [0.717, 1.165) is 54.2 Å². The molecular weight excluding hydrogens is 314 g/mol. The molecule has 0 aliphatic carbocycles. The van der Waals surface area contributed by atoms with Crippen molar-refractivity contribution in [2.45, 2.75) is 25.8 Å². The van der Waals surface area contributed by atoms with Crippen LogP contribution in [0.5, 0.6) is 0 Å². The molecule has 4 heterocycles. The lowest BCUT2D eigenvalue weighted by molar-refractivity contribution is 0.476. The van der Waals surface area contributed by atoms with E-state index < -0.39 is 0 Å². The monoisotopic (exact) mass is 335 g/mol. The molecule has 7 heteroatoms. The summed E-state index contributed by atoms with van der Waals surface area (Å²) in [6.07, 6.45) is 11.0. The molecule has 0 radical (unpaired) electrons. The first-order chi connectivity index (χ1) is 12.2. The Morgan fingerprint density at radius 1 is 1.04 bits per heavy atom. The summed E-state index contributed by atoms with van der Waals surface area (Å²) >= 11 is 0. The Hall–Kier alpha value is -2.83. The zero-order valence-electron chi connectivity index (χ0n) is 14.5. The van der Waals surface area contributed by atoms with Crippen LogP contribution in [-0.4, -0.2) is 51.1 Å². The fourth-order valence-electron chi connectivity index (χ4n) is 3.34. The second-order valence-electron chi connectivity index (χ2n) is 6.48. The average Bonchev–Trinajstić information content (AvgIpc) is 2.68. The van der Waals surface area contributed by atoms with E-state index in [9.17, 15) is 0 Å². The molecule has 7 nitrogen and oxygen atoms in total. The van der Waals surface area contributed by atoms with Gasteiger partial charge in [0, 0.05) is 50.2 Å².